The Labute approximate surface area is 164 Å². The van der Waals surface area contributed by atoms with Crippen LogP contribution in [0.5, 0.6) is 0 Å². The van der Waals surface area contributed by atoms with Gasteiger partial charge in [-0.25, -0.2) is 0 Å². The second-order valence-electron chi connectivity index (χ2n) is 6.89. The summed E-state index contributed by atoms with van der Waals surface area (Å²) in [5.74, 6) is 0. The molecule has 0 aliphatic carbocycles. The Morgan fingerprint density at radius 3 is 1.31 bits per heavy atom. The molecule has 0 N–H and O–H groups in total. The van der Waals surface area contributed by atoms with Crippen LogP contribution in [0.4, 0.5) is 0 Å². The van der Waals surface area contributed by atoms with Crippen LogP contribution in [0.15, 0.2) is 84.9 Å². The maximum atomic E-state index is 2.46. The summed E-state index contributed by atoms with van der Waals surface area (Å²) in [6, 6.07) is 36.0. The summed E-state index contributed by atoms with van der Waals surface area (Å²) in [5, 5.41) is 1.64. The van der Waals surface area contributed by atoms with Gasteiger partial charge in [-0.05, 0) is 0 Å². The molecule has 0 fully saturated rings. The van der Waals surface area contributed by atoms with Crippen molar-refractivity contribution in [2.75, 3.05) is 0 Å². The van der Waals surface area contributed by atoms with Crippen molar-refractivity contribution >= 4 is 41.0 Å². The normalized spacial score (nSPS) is 11.7. The Morgan fingerprint density at radius 2 is 0.923 bits per heavy atom. The molecule has 0 amide bonds. The zero-order valence-electron chi connectivity index (χ0n) is 16.2. The first-order chi connectivity index (χ1) is 12.7. The molecule has 3 aromatic rings. The molecule has 0 saturated carbocycles. The summed E-state index contributed by atoms with van der Waals surface area (Å²) < 4.78 is 4.54. The van der Waals surface area contributed by atoms with E-state index in [4.69, 9.17) is 0 Å². The molecule has 134 valence electrons. The first-order valence-corrected chi connectivity index (χ1v) is 15.2. The van der Waals surface area contributed by atoms with E-state index in [2.05, 4.69) is 106 Å². The van der Waals surface area contributed by atoms with Crippen LogP contribution in [-0.4, -0.2) is 22.7 Å². The number of benzene rings is 3. The van der Waals surface area contributed by atoms with Gasteiger partial charge in [-0.1, -0.05) is 0 Å². The molecule has 0 bridgehead atoms. The Hall–Kier alpha value is -1.56. The first kappa shape index (κ1) is 19.2. The van der Waals surface area contributed by atoms with Crippen LogP contribution in [0.3, 0.4) is 0 Å². The monoisotopic (exact) mass is 420 g/mol. The van der Waals surface area contributed by atoms with Crippen molar-refractivity contribution in [1.29, 1.82) is 0 Å². The van der Waals surface area contributed by atoms with E-state index in [1.165, 1.54) is 31.2 Å². The fourth-order valence-corrected chi connectivity index (χ4v) is 12.3. The van der Waals surface area contributed by atoms with Gasteiger partial charge in [0.15, 0.2) is 0 Å². The average molecular weight is 421 g/mol. The van der Waals surface area contributed by atoms with E-state index in [-0.39, 0.29) is 0 Å². The molecular weight excluding hydrogens is 391 g/mol. The summed E-state index contributed by atoms with van der Waals surface area (Å²) in [5.41, 5.74) is 0. The molecule has 2 heteroatoms. The van der Waals surface area contributed by atoms with Gasteiger partial charge in [0.05, 0.1) is 0 Å². The van der Waals surface area contributed by atoms with Gasteiger partial charge in [0.1, 0.15) is 0 Å². The summed E-state index contributed by atoms with van der Waals surface area (Å²) in [6.07, 6.45) is 0. The minimum atomic E-state index is -1.48. The molecule has 26 heavy (non-hydrogen) atoms. The quantitative estimate of drug-likeness (QED) is 0.509. The molecule has 0 heterocycles. The predicted molar refractivity (Wildman–Crippen MR) is 121 cm³/mol. The maximum absolute atomic E-state index is 2.46. The van der Waals surface area contributed by atoms with E-state index in [0.29, 0.717) is 0 Å². The van der Waals surface area contributed by atoms with Crippen LogP contribution in [0.2, 0.25) is 18.1 Å². The summed E-state index contributed by atoms with van der Waals surface area (Å²) in [6.45, 7) is 7.16. The van der Waals surface area contributed by atoms with Gasteiger partial charge in [0, 0.05) is 0 Å². The van der Waals surface area contributed by atoms with Crippen LogP contribution >= 0.6 is 0 Å². The van der Waals surface area contributed by atoms with Crippen molar-refractivity contribution in [1.82, 2.24) is 0 Å². The molecule has 0 nitrogen and oxygen atoms in total. The molecule has 3 rings (SSSR count). The number of rotatable bonds is 7. The van der Waals surface area contributed by atoms with Crippen LogP contribution in [-0.2, 0) is 0 Å². The van der Waals surface area contributed by atoms with Crippen LogP contribution in [0.1, 0.15) is 20.8 Å². The van der Waals surface area contributed by atoms with Crippen molar-refractivity contribution in [3.05, 3.63) is 84.9 Å². The number of hydrogen-bond donors (Lipinski definition) is 0. The zero-order valence-corrected chi connectivity index (χ0v) is 19.0. The fourth-order valence-electron chi connectivity index (χ4n) is 3.93. The van der Waals surface area contributed by atoms with Gasteiger partial charge in [-0.3, -0.25) is 0 Å². The van der Waals surface area contributed by atoms with E-state index in [9.17, 15) is 0 Å². The van der Waals surface area contributed by atoms with Crippen LogP contribution in [0, 0.1) is 0 Å². The van der Waals surface area contributed by atoms with Gasteiger partial charge in [0.2, 0.25) is 0 Å². The van der Waals surface area contributed by atoms with E-state index >= 15 is 0 Å². The SMILES string of the molecule is CC[Si](CC)(CC)c1ccc([As](c2ccccc2)c2ccccc2)cc1. The molecule has 3 aromatic carbocycles. The van der Waals surface area contributed by atoms with Gasteiger partial charge in [-0.2, -0.15) is 0 Å². The Kier molecular flexibility index (Phi) is 6.56. The molecule has 0 aromatic heterocycles. The van der Waals surface area contributed by atoms with E-state index < -0.39 is 22.7 Å². The summed E-state index contributed by atoms with van der Waals surface area (Å²) >= 11 is -1.48. The van der Waals surface area contributed by atoms with Crippen molar-refractivity contribution in [3.8, 4) is 0 Å². The molecule has 0 saturated heterocycles. The topological polar surface area (TPSA) is 0 Å². The van der Waals surface area contributed by atoms with Crippen molar-refractivity contribution in [3.63, 3.8) is 0 Å². The molecule has 0 radical (unpaired) electrons. The van der Waals surface area contributed by atoms with Gasteiger partial charge < -0.3 is 0 Å². The molecule has 0 spiro atoms. The fraction of sp³-hybridized carbons (Fsp3) is 0.250. The Bertz CT molecular complexity index is 745. The third-order valence-electron chi connectivity index (χ3n) is 5.80. The third-order valence-corrected chi connectivity index (χ3v) is 16.5. The van der Waals surface area contributed by atoms with Gasteiger partial charge in [0.25, 0.3) is 0 Å². The van der Waals surface area contributed by atoms with Crippen LogP contribution < -0.4 is 18.2 Å². The molecule has 0 aliphatic rings. The van der Waals surface area contributed by atoms with Crippen molar-refractivity contribution < 1.29 is 0 Å². The van der Waals surface area contributed by atoms with E-state index in [1.807, 2.05) is 0 Å². The summed E-state index contributed by atoms with van der Waals surface area (Å²) in [4.78, 5) is 0. The average Bonchev–Trinajstić information content (AvgIpc) is 2.73. The second-order valence-corrected chi connectivity index (χ2v) is 16.8. The van der Waals surface area contributed by atoms with Crippen molar-refractivity contribution in [2.24, 2.45) is 0 Å². The molecule has 0 atom stereocenters. The molecular formula is C24H29AsSi. The minimum absolute atomic E-state index is 1.29. The van der Waals surface area contributed by atoms with E-state index in [0.717, 1.165) is 0 Å². The third kappa shape index (κ3) is 3.90. The Balaban J connectivity index is 2.03. The molecule has 0 aliphatic heterocycles. The van der Waals surface area contributed by atoms with E-state index in [1.54, 1.807) is 5.19 Å². The Morgan fingerprint density at radius 1 is 0.538 bits per heavy atom. The summed E-state index contributed by atoms with van der Waals surface area (Å²) in [7, 11) is -1.29. The predicted octanol–water partition coefficient (Wildman–Crippen LogP) is 3.92. The van der Waals surface area contributed by atoms with Crippen LogP contribution in [0.25, 0.3) is 0 Å². The molecule has 0 unspecified atom stereocenters. The standard InChI is InChI=1S/C24H29AsSi/c1-4-26(5-2,6-3)24-19-17-23(18-20-24)25(21-13-9-7-10-14-21)22-15-11-8-12-16-22/h7-20H,4-6H2,1-3H3. The zero-order chi connectivity index (χ0) is 18.4. The number of hydrogen-bond acceptors (Lipinski definition) is 0. The first-order valence-electron chi connectivity index (χ1n) is 9.75. The second kappa shape index (κ2) is 8.89. The van der Waals surface area contributed by atoms with Crippen molar-refractivity contribution in [2.45, 2.75) is 38.9 Å². The van der Waals surface area contributed by atoms with Gasteiger partial charge in [-0.15, -0.1) is 0 Å². The van der Waals surface area contributed by atoms with Gasteiger partial charge >= 0.3 is 165 Å².